The molecule has 0 aliphatic carbocycles. The number of hydrogen-bond donors (Lipinski definition) is 0. The van der Waals surface area contributed by atoms with Crippen molar-refractivity contribution in [2.75, 3.05) is 0 Å². The molecule has 3 heteroatoms. The highest BCUT2D eigenvalue weighted by Crippen LogP contribution is 2.13. The Labute approximate surface area is 78.0 Å². The highest BCUT2D eigenvalue weighted by atomic mass is 15.3. The first-order valence-corrected chi connectivity index (χ1v) is 4.77. The van der Waals surface area contributed by atoms with Crippen LogP contribution in [0.15, 0.2) is 18.5 Å². The molecule has 0 fully saturated rings. The quantitative estimate of drug-likeness (QED) is 0.689. The first-order chi connectivity index (χ1) is 6.22. The standard InChI is InChI=1S/C10H15N3/c1-4-9-7-10-12(8(2)3)5-6-13(10)11-9/h5-8H,4H2,1-3H3. The van der Waals surface area contributed by atoms with E-state index in [2.05, 4.69) is 42.7 Å². The van der Waals surface area contributed by atoms with E-state index in [1.165, 1.54) is 5.65 Å². The van der Waals surface area contributed by atoms with Crippen molar-refractivity contribution in [3.05, 3.63) is 24.2 Å². The van der Waals surface area contributed by atoms with Gasteiger partial charge in [-0.3, -0.25) is 0 Å². The van der Waals surface area contributed by atoms with E-state index in [0.29, 0.717) is 6.04 Å². The summed E-state index contributed by atoms with van der Waals surface area (Å²) in [7, 11) is 0. The summed E-state index contributed by atoms with van der Waals surface area (Å²) in [6.07, 6.45) is 5.08. The Bertz CT molecular complexity index is 409. The molecule has 0 amide bonds. The lowest BCUT2D eigenvalue weighted by Crippen LogP contribution is -1.97. The van der Waals surface area contributed by atoms with Crippen molar-refractivity contribution in [3.63, 3.8) is 0 Å². The van der Waals surface area contributed by atoms with Crippen LogP contribution in [0.5, 0.6) is 0 Å². The summed E-state index contributed by atoms with van der Waals surface area (Å²) >= 11 is 0. The molecule has 2 heterocycles. The SMILES string of the molecule is CCc1cc2n(C(C)C)ccn2n1. The molecule has 3 nitrogen and oxygen atoms in total. The summed E-state index contributed by atoms with van der Waals surface area (Å²) in [5.41, 5.74) is 2.34. The van der Waals surface area contributed by atoms with Gasteiger partial charge in [0.05, 0.1) is 5.69 Å². The molecule has 2 rings (SSSR count). The zero-order valence-electron chi connectivity index (χ0n) is 8.36. The number of aryl methyl sites for hydroxylation is 1. The molecule has 0 N–H and O–H groups in total. The Balaban J connectivity index is 2.58. The molecular formula is C10H15N3. The van der Waals surface area contributed by atoms with Gasteiger partial charge in [0.25, 0.3) is 0 Å². The monoisotopic (exact) mass is 177 g/mol. The van der Waals surface area contributed by atoms with E-state index >= 15 is 0 Å². The largest absolute Gasteiger partial charge is 0.329 e. The molecule has 0 aliphatic rings. The topological polar surface area (TPSA) is 22.2 Å². The summed E-state index contributed by atoms with van der Waals surface area (Å²) in [4.78, 5) is 0. The number of imidazole rings is 1. The third kappa shape index (κ3) is 1.24. The van der Waals surface area contributed by atoms with Crippen molar-refractivity contribution in [3.8, 4) is 0 Å². The molecule has 2 aromatic heterocycles. The van der Waals surface area contributed by atoms with Crippen molar-refractivity contribution in [2.24, 2.45) is 0 Å². The Kier molecular flexibility index (Phi) is 1.87. The van der Waals surface area contributed by atoms with Gasteiger partial charge in [0.2, 0.25) is 0 Å². The summed E-state index contributed by atoms with van der Waals surface area (Å²) in [5.74, 6) is 0. The second-order valence-electron chi connectivity index (χ2n) is 3.59. The van der Waals surface area contributed by atoms with Crippen LogP contribution in [0.25, 0.3) is 5.65 Å². The van der Waals surface area contributed by atoms with Gasteiger partial charge >= 0.3 is 0 Å². The Morgan fingerprint density at radius 2 is 2.15 bits per heavy atom. The zero-order chi connectivity index (χ0) is 9.42. The average Bonchev–Trinajstić information content (AvgIpc) is 2.59. The summed E-state index contributed by atoms with van der Waals surface area (Å²) in [6, 6.07) is 2.65. The predicted octanol–water partition coefficient (Wildman–Crippen LogP) is 2.28. The normalized spacial score (nSPS) is 11.7. The minimum atomic E-state index is 0.499. The molecule has 0 spiro atoms. The second-order valence-corrected chi connectivity index (χ2v) is 3.59. The van der Waals surface area contributed by atoms with Crippen LogP contribution >= 0.6 is 0 Å². The molecule has 0 aliphatic heterocycles. The third-order valence-electron chi connectivity index (χ3n) is 2.32. The van der Waals surface area contributed by atoms with E-state index in [1.807, 2.05) is 10.7 Å². The number of nitrogens with zero attached hydrogens (tertiary/aromatic N) is 3. The van der Waals surface area contributed by atoms with Gasteiger partial charge in [-0.05, 0) is 20.3 Å². The fourth-order valence-corrected chi connectivity index (χ4v) is 1.56. The Hall–Kier alpha value is -1.25. The van der Waals surface area contributed by atoms with Crippen molar-refractivity contribution in [2.45, 2.75) is 33.2 Å². The number of hydrogen-bond acceptors (Lipinski definition) is 1. The van der Waals surface area contributed by atoms with Gasteiger partial charge in [0, 0.05) is 24.5 Å². The van der Waals surface area contributed by atoms with Gasteiger partial charge in [-0.25, -0.2) is 4.52 Å². The predicted molar refractivity (Wildman–Crippen MR) is 52.9 cm³/mol. The smallest absolute Gasteiger partial charge is 0.136 e. The van der Waals surface area contributed by atoms with E-state index in [0.717, 1.165) is 12.1 Å². The van der Waals surface area contributed by atoms with Crippen molar-refractivity contribution in [1.29, 1.82) is 0 Å². The molecule has 13 heavy (non-hydrogen) atoms. The molecule has 0 saturated carbocycles. The van der Waals surface area contributed by atoms with Crippen LogP contribution in [0.1, 0.15) is 32.5 Å². The average molecular weight is 177 g/mol. The molecular weight excluding hydrogens is 162 g/mol. The highest BCUT2D eigenvalue weighted by molar-refractivity contribution is 5.41. The van der Waals surface area contributed by atoms with E-state index in [-0.39, 0.29) is 0 Å². The summed E-state index contributed by atoms with van der Waals surface area (Å²) in [5, 5.41) is 4.43. The van der Waals surface area contributed by atoms with Crippen molar-refractivity contribution in [1.82, 2.24) is 14.2 Å². The van der Waals surface area contributed by atoms with E-state index < -0.39 is 0 Å². The van der Waals surface area contributed by atoms with Crippen LogP contribution < -0.4 is 0 Å². The summed E-state index contributed by atoms with van der Waals surface area (Å²) < 4.78 is 4.17. The molecule has 0 atom stereocenters. The van der Waals surface area contributed by atoms with E-state index in [4.69, 9.17) is 0 Å². The first-order valence-electron chi connectivity index (χ1n) is 4.77. The minimum Gasteiger partial charge on any atom is -0.329 e. The van der Waals surface area contributed by atoms with Crippen LogP contribution in [-0.2, 0) is 6.42 Å². The van der Waals surface area contributed by atoms with Crippen LogP contribution in [0.3, 0.4) is 0 Å². The highest BCUT2D eigenvalue weighted by Gasteiger charge is 2.06. The molecule has 0 saturated heterocycles. The molecule has 0 aromatic carbocycles. The van der Waals surface area contributed by atoms with Crippen LogP contribution in [0.2, 0.25) is 0 Å². The maximum absolute atomic E-state index is 4.43. The van der Waals surface area contributed by atoms with Crippen LogP contribution in [-0.4, -0.2) is 14.2 Å². The number of rotatable bonds is 2. The Morgan fingerprint density at radius 3 is 2.77 bits per heavy atom. The van der Waals surface area contributed by atoms with Gasteiger partial charge in [0.15, 0.2) is 0 Å². The number of fused-ring (bicyclic) bond motifs is 1. The molecule has 0 bridgehead atoms. The molecule has 2 aromatic rings. The minimum absolute atomic E-state index is 0.499. The van der Waals surface area contributed by atoms with Crippen LogP contribution in [0.4, 0.5) is 0 Å². The maximum Gasteiger partial charge on any atom is 0.136 e. The zero-order valence-corrected chi connectivity index (χ0v) is 8.36. The summed E-state index contributed by atoms with van der Waals surface area (Å²) in [6.45, 7) is 6.48. The first kappa shape index (κ1) is 8.35. The fraction of sp³-hybridized carbons (Fsp3) is 0.500. The van der Waals surface area contributed by atoms with Crippen LogP contribution in [0, 0.1) is 0 Å². The van der Waals surface area contributed by atoms with Gasteiger partial charge in [0.1, 0.15) is 5.65 Å². The van der Waals surface area contributed by atoms with Crippen molar-refractivity contribution >= 4 is 5.65 Å². The maximum atomic E-state index is 4.43. The van der Waals surface area contributed by atoms with E-state index in [9.17, 15) is 0 Å². The van der Waals surface area contributed by atoms with Gasteiger partial charge in [-0.15, -0.1) is 0 Å². The lowest BCUT2D eigenvalue weighted by atomic mass is 10.3. The van der Waals surface area contributed by atoms with Crippen molar-refractivity contribution < 1.29 is 0 Å². The third-order valence-corrected chi connectivity index (χ3v) is 2.32. The van der Waals surface area contributed by atoms with Gasteiger partial charge < -0.3 is 4.57 Å². The Morgan fingerprint density at radius 1 is 1.38 bits per heavy atom. The molecule has 0 radical (unpaired) electrons. The number of aromatic nitrogens is 3. The van der Waals surface area contributed by atoms with Gasteiger partial charge in [-0.1, -0.05) is 6.92 Å². The van der Waals surface area contributed by atoms with Gasteiger partial charge in [-0.2, -0.15) is 5.10 Å². The lowest BCUT2D eigenvalue weighted by Gasteiger charge is -2.05. The fourth-order valence-electron chi connectivity index (χ4n) is 1.56. The van der Waals surface area contributed by atoms with E-state index in [1.54, 1.807) is 0 Å². The molecule has 70 valence electrons. The second kappa shape index (κ2) is 2.91. The molecule has 0 unspecified atom stereocenters. The lowest BCUT2D eigenvalue weighted by molar-refractivity contribution is 0.619.